The number of Topliss-reactive ketones (excluding diaryl/α,β-unsaturated/α-hetero) is 1. The Morgan fingerprint density at radius 1 is 1.30 bits per heavy atom. The first-order chi connectivity index (χ1) is 12.9. The van der Waals surface area contributed by atoms with E-state index < -0.39 is 0 Å². The van der Waals surface area contributed by atoms with Crippen LogP contribution < -0.4 is 0 Å². The molecule has 2 heterocycles. The van der Waals surface area contributed by atoms with Gasteiger partial charge in [-0.15, -0.1) is 0 Å². The monoisotopic (exact) mass is 366 g/mol. The van der Waals surface area contributed by atoms with Crippen molar-refractivity contribution < 1.29 is 14.3 Å². The Kier molecular flexibility index (Phi) is 4.57. The van der Waals surface area contributed by atoms with Crippen LogP contribution in [0.25, 0.3) is 10.9 Å². The van der Waals surface area contributed by atoms with Crippen molar-refractivity contribution in [2.75, 3.05) is 13.2 Å². The van der Waals surface area contributed by atoms with E-state index in [1.165, 1.54) is 0 Å². The fourth-order valence-electron chi connectivity index (χ4n) is 4.51. The normalized spacial score (nSPS) is 27.9. The van der Waals surface area contributed by atoms with Gasteiger partial charge in [0, 0.05) is 34.4 Å². The number of nitrogens with zero attached hydrogens (tertiary/aromatic N) is 1. The van der Waals surface area contributed by atoms with Crippen LogP contribution >= 0.6 is 0 Å². The number of benzene rings is 1. The van der Waals surface area contributed by atoms with Crippen LogP contribution in [0.5, 0.6) is 0 Å². The second kappa shape index (κ2) is 6.78. The molecule has 1 fully saturated rings. The van der Waals surface area contributed by atoms with E-state index in [1.54, 1.807) is 6.92 Å². The lowest BCUT2D eigenvalue weighted by Gasteiger charge is -2.39. The lowest BCUT2D eigenvalue weighted by Crippen LogP contribution is -2.42. The van der Waals surface area contributed by atoms with Crippen molar-refractivity contribution in [3.63, 3.8) is 0 Å². The molecule has 0 amide bonds. The SMILES string of the molecule is CC(=O)[C@@H]1Cc2c([nH]c3ccccc23)[C@H](C#N)[C@@H]1CC1OCC(C)(C)CO1. The number of carbonyl (C=O) groups is 1. The van der Waals surface area contributed by atoms with Gasteiger partial charge < -0.3 is 14.5 Å². The van der Waals surface area contributed by atoms with Crippen molar-refractivity contribution in [2.24, 2.45) is 17.3 Å². The number of ether oxygens (including phenoxy) is 2. The highest BCUT2D eigenvalue weighted by molar-refractivity contribution is 5.87. The van der Waals surface area contributed by atoms with Crippen molar-refractivity contribution in [3.8, 4) is 6.07 Å². The molecule has 0 spiro atoms. The van der Waals surface area contributed by atoms with Gasteiger partial charge in [-0.2, -0.15) is 5.26 Å². The molecule has 4 rings (SSSR count). The Morgan fingerprint density at radius 3 is 2.67 bits per heavy atom. The average Bonchev–Trinajstić information content (AvgIpc) is 3.01. The standard InChI is InChI=1S/C22H26N2O3/c1-13(25)15-8-17-14-6-4-5-7-19(14)24-21(17)18(10-23)16(15)9-20-26-11-22(2,3)12-27-20/h4-7,15-16,18,20,24H,8-9,11-12H2,1-3H3/t15-,16+,18+/m0/s1. The van der Waals surface area contributed by atoms with Gasteiger partial charge in [-0.1, -0.05) is 32.0 Å². The predicted octanol–water partition coefficient (Wildman–Crippen LogP) is 3.94. The van der Waals surface area contributed by atoms with E-state index >= 15 is 0 Å². The molecule has 0 radical (unpaired) electrons. The molecule has 5 nitrogen and oxygen atoms in total. The van der Waals surface area contributed by atoms with Crippen molar-refractivity contribution >= 4 is 16.7 Å². The van der Waals surface area contributed by atoms with E-state index in [9.17, 15) is 10.1 Å². The lowest BCUT2D eigenvalue weighted by atomic mass is 9.68. The van der Waals surface area contributed by atoms with Crippen LogP contribution in [0.3, 0.4) is 0 Å². The summed E-state index contributed by atoms with van der Waals surface area (Å²) in [6.07, 6.45) is 0.870. The molecule has 3 atom stereocenters. The minimum Gasteiger partial charge on any atom is -0.357 e. The molecule has 1 N–H and O–H groups in total. The summed E-state index contributed by atoms with van der Waals surface area (Å²) >= 11 is 0. The second-order valence-electron chi connectivity index (χ2n) is 8.71. The fourth-order valence-corrected chi connectivity index (χ4v) is 4.51. The van der Waals surface area contributed by atoms with Gasteiger partial charge in [0.25, 0.3) is 0 Å². The van der Waals surface area contributed by atoms with Crippen LogP contribution in [0.2, 0.25) is 0 Å². The van der Waals surface area contributed by atoms with Crippen LogP contribution in [0.4, 0.5) is 0 Å². The molecule has 1 saturated heterocycles. The van der Waals surface area contributed by atoms with Gasteiger partial charge in [-0.25, -0.2) is 0 Å². The molecular weight excluding hydrogens is 340 g/mol. The third-order valence-corrected chi connectivity index (χ3v) is 5.97. The number of nitrogens with one attached hydrogen (secondary N) is 1. The number of carbonyl (C=O) groups excluding carboxylic acids is 1. The van der Waals surface area contributed by atoms with E-state index in [0.29, 0.717) is 26.1 Å². The number of ketones is 1. The van der Waals surface area contributed by atoms with Gasteiger partial charge in [0.1, 0.15) is 5.78 Å². The second-order valence-corrected chi connectivity index (χ2v) is 8.71. The molecule has 0 bridgehead atoms. The molecule has 0 saturated carbocycles. The Labute approximate surface area is 159 Å². The number of aromatic nitrogens is 1. The Morgan fingerprint density at radius 2 is 2.00 bits per heavy atom. The number of rotatable bonds is 3. The summed E-state index contributed by atoms with van der Waals surface area (Å²) in [5, 5.41) is 11.1. The zero-order chi connectivity index (χ0) is 19.2. The van der Waals surface area contributed by atoms with E-state index in [0.717, 1.165) is 22.2 Å². The molecule has 142 valence electrons. The van der Waals surface area contributed by atoms with Crippen LogP contribution in [-0.2, 0) is 20.7 Å². The highest BCUT2D eigenvalue weighted by atomic mass is 16.7. The highest BCUT2D eigenvalue weighted by Gasteiger charge is 2.43. The van der Waals surface area contributed by atoms with Crippen LogP contribution in [-0.4, -0.2) is 30.3 Å². The molecule has 2 aliphatic rings. The molecular formula is C22H26N2O3. The van der Waals surface area contributed by atoms with E-state index in [2.05, 4.69) is 31.0 Å². The number of fused-ring (bicyclic) bond motifs is 3. The van der Waals surface area contributed by atoms with Crippen molar-refractivity contribution in [1.29, 1.82) is 5.26 Å². The molecule has 2 aromatic rings. The largest absolute Gasteiger partial charge is 0.357 e. The smallest absolute Gasteiger partial charge is 0.157 e. The Hall–Kier alpha value is -2.16. The van der Waals surface area contributed by atoms with Gasteiger partial charge in [-0.05, 0) is 30.9 Å². The molecule has 5 heteroatoms. The number of para-hydroxylation sites is 1. The molecule has 1 aromatic heterocycles. The summed E-state index contributed by atoms with van der Waals surface area (Å²) in [7, 11) is 0. The molecule has 1 aromatic carbocycles. The minimum absolute atomic E-state index is 0.00201. The van der Waals surface area contributed by atoms with E-state index in [1.807, 2.05) is 18.2 Å². The van der Waals surface area contributed by atoms with E-state index in [-0.39, 0.29) is 35.2 Å². The quantitative estimate of drug-likeness (QED) is 0.893. The third kappa shape index (κ3) is 3.28. The number of hydrogen-bond donors (Lipinski definition) is 1. The maximum Gasteiger partial charge on any atom is 0.157 e. The number of aromatic amines is 1. The first-order valence-electron chi connectivity index (χ1n) is 9.62. The molecule has 1 aliphatic carbocycles. The number of hydrogen-bond acceptors (Lipinski definition) is 4. The summed E-state index contributed by atoms with van der Waals surface area (Å²) in [6, 6.07) is 10.5. The third-order valence-electron chi connectivity index (χ3n) is 5.97. The van der Waals surface area contributed by atoms with Crippen molar-refractivity contribution in [3.05, 3.63) is 35.5 Å². The van der Waals surface area contributed by atoms with Crippen LogP contribution in [0.15, 0.2) is 24.3 Å². The fraction of sp³-hybridized carbons (Fsp3) is 0.545. The lowest BCUT2D eigenvalue weighted by molar-refractivity contribution is -0.229. The molecule has 0 unspecified atom stereocenters. The summed E-state index contributed by atoms with van der Waals surface area (Å²) in [5.41, 5.74) is 3.09. The van der Waals surface area contributed by atoms with Gasteiger partial charge in [0.2, 0.25) is 0 Å². The maximum absolute atomic E-state index is 12.5. The minimum atomic E-state index is -0.364. The Balaban J connectivity index is 1.67. The Bertz CT molecular complexity index is 898. The topological polar surface area (TPSA) is 75.1 Å². The zero-order valence-electron chi connectivity index (χ0n) is 16.1. The number of H-pyrrole nitrogens is 1. The van der Waals surface area contributed by atoms with Crippen molar-refractivity contribution in [1.82, 2.24) is 4.98 Å². The van der Waals surface area contributed by atoms with Gasteiger partial charge in [-0.3, -0.25) is 4.79 Å². The average molecular weight is 366 g/mol. The predicted molar refractivity (Wildman–Crippen MR) is 102 cm³/mol. The summed E-state index contributed by atoms with van der Waals surface area (Å²) in [6.45, 7) is 7.11. The first-order valence-corrected chi connectivity index (χ1v) is 9.62. The van der Waals surface area contributed by atoms with E-state index in [4.69, 9.17) is 9.47 Å². The van der Waals surface area contributed by atoms with Crippen LogP contribution in [0, 0.1) is 28.6 Å². The molecule has 1 aliphatic heterocycles. The molecule has 27 heavy (non-hydrogen) atoms. The summed E-state index contributed by atoms with van der Waals surface area (Å²) < 4.78 is 11.8. The van der Waals surface area contributed by atoms with Gasteiger partial charge in [0.15, 0.2) is 6.29 Å². The van der Waals surface area contributed by atoms with Gasteiger partial charge in [0.05, 0.1) is 25.2 Å². The van der Waals surface area contributed by atoms with Crippen LogP contribution in [0.1, 0.15) is 44.4 Å². The van der Waals surface area contributed by atoms with Gasteiger partial charge >= 0.3 is 0 Å². The summed E-state index contributed by atoms with van der Waals surface area (Å²) in [4.78, 5) is 15.9. The summed E-state index contributed by atoms with van der Waals surface area (Å²) in [5.74, 6) is -0.535. The highest BCUT2D eigenvalue weighted by Crippen LogP contribution is 2.45. The maximum atomic E-state index is 12.5. The zero-order valence-corrected chi connectivity index (χ0v) is 16.1. The van der Waals surface area contributed by atoms with Crippen molar-refractivity contribution in [2.45, 2.75) is 45.8 Å². The number of nitriles is 1. The first kappa shape index (κ1) is 18.2.